The van der Waals surface area contributed by atoms with E-state index in [9.17, 15) is 47.9 Å². The molecule has 2 aromatic rings. The average Bonchev–Trinajstić information content (AvgIpc) is 4.30. The summed E-state index contributed by atoms with van der Waals surface area (Å²) in [5.74, 6) is -7.93. The number of carbonyl (C=O) groups excluding carboxylic acids is 10. The van der Waals surface area contributed by atoms with Gasteiger partial charge in [0.1, 0.15) is 60.4 Å². The van der Waals surface area contributed by atoms with Gasteiger partial charge >= 0.3 is 0 Å². The van der Waals surface area contributed by atoms with E-state index < -0.39 is 131 Å². The highest BCUT2D eigenvalue weighted by Gasteiger charge is 2.43. The first-order valence-corrected chi connectivity index (χ1v) is 29.4. The molecule has 0 spiro atoms. The van der Waals surface area contributed by atoms with Crippen LogP contribution in [0.25, 0.3) is 0 Å². The van der Waals surface area contributed by atoms with E-state index in [1.807, 2.05) is 27.7 Å². The van der Waals surface area contributed by atoms with Gasteiger partial charge in [-0.3, -0.25) is 47.9 Å². The lowest BCUT2D eigenvalue weighted by Crippen LogP contribution is -2.62. The molecule has 5 heterocycles. The summed E-state index contributed by atoms with van der Waals surface area (Å²) in [6.45, 7) is 15.2. The highest BCUT2D eigenvalue weighted by atomic mass is 16.2. The number of nitrogens with zero attached hydrogens (tertiary/aromatic N) is 4. The molecule has 26 nitrogen and oxygen atoms in total. The molecule has 3 aliphatic heterocycles. The number of imidazole rings is 2. The zero-order valence-electron chi connectivity index (χ0n) is 49.1. The Hall–Kier alpha value is -6.96. The molecular weight excluding hydrogens is 1060 g/mol. The number of nitrogens with two attached hydrogens (primary N) is 2. The number of hydrogen-bond acceptors (Lipinski definition) is 14. The molecule has 3 fully saturated rings. The summed E-state index contributed by atoms with van der Waals surface area (Å²) in [5.41, 5.74) is 12.7. The van der Waals surface area contributed by atoms with Crippen LogP contribution in [0.3, 0.4) is 0 Å². The van der Waals surface area contributed by atoms with Gasteiger partial charge in [0.25, 0.3) is 0 Å². The van der Waals surface area contributed by atoms with Crippen LogP contribution in [0, 0.1) is 23.7 Å². The number of hydrogen-bond donors (Lipinski definition) is 12. The van der Waals surface area contributed by atoms with Crippen LogP contribution < -0.4 is 54.0 Å². The zero-order valence-corrected chi connectivity index (χ0v) is 49.1. The van der Waals surface area contributed by atoms with Gasteiger partial charge < -0.3 is 73.8 Å². The van der Waals surface area contributed by atoms with E-state index >= 15 is 0 Å². The monoisotopic (exact) mass is 1150 g/mol. The van der Waals surface area contributed by atoms with Crippen LogP contribution in [0.2, 0.25) is 0 Å². The van der Waals surface area contributed by atoms with Gasteiger partial charge in [0.05, 0.1) is 12.7 Å². The third-order valence-electron chi connectivity index (χ3n) is 15.2. The Balaban J connectivity index is 1.58. The zero-order chi connectivity index (χ0) is 60.2. The fraction of sp³-hybridized carbons (Fsp3) is 0.714. The predicted octanol–water partition coefficient (Wildman–Crippen LogP) is -0.546. The van der Waals surface area contributed by atoms with Crippen LogP contribution in [-0.2, 0) is 60.8 Å². The molecule has 0 saturated carbocycles. The second kappa shape index (κ2) is 32.0. The molecule has 5 rings (SSSR count). The molecule has 2 aromatic heterocycles. The van der Waals surface area contributed by atoms with Gasteiger partial charge in [0, 0.05) is 49.7 Å². The molecule has 456 valence electrons. The van der Waals surface area contributed by atoms with Crippen LogP contribution in [0.4, 0.5) is 0 Å². The number of rotatable bonds is 18. The summed E-state index contributed by atoms with van der Waals surface area (Å²) in [6, 6.07) is -11.9. The largest absolute Gasteiger partial charge is 0.348 e. The summed E-state index contributed by atoms with van der Waals surface area (Å²) < 4.78 is 0. The summed E-state index contributed by atoms with van der Waals surface area (Å²) in [4.78, 5) is 162. The van der Waals surface area contributed by atoms with Crippen LogP contribution in [-0.4, -0.2) is 175 Å². The molecule has 3 aliphatic rings. The number of fused-ring (bicyclic) bond motifs is 2. The number of aromatic amines is 2. The highest BCUT2D eigenvalue weighted by Crippen LogP contribution is 2.23. The number of unbranched alkanes of at least 4 members (excludes halogenated alkanes) is 2. The van der Waals surface area contributed by atoms with Crippen LogP contribution in [0.5, 0.6) is 0 Å². The van der Waals surface area contributed by atoms with E-state index in [4.69, 9.17) is 11.5 Å². The summed E-state index contributed by atoms with van der Waals surface area (Å²) in [6.07, 6.45) is 9.35. The smallest absolute Gasteiger partial charge is 0.246 e. The summed E-state index contributed by atoms with van der Waals surface area (Å²) in [5, 5.41) is 22.8. The maximum atomic E-state index is 14.8. The maximum absolute atomic E-state index is 14.8. The van der Waals surface area contributed by atoms with Crippen molar-refractivity contribution >= 4 is 59.1 Å². The van der Waals surface area contributed by atoms with Crippen LogP contribution >= 0.6 is 0 Å². The van der Waals surface area contributed by atoms with Gasteiger partial charge in [-0.2, -0.15) is 0 Å². The third kappa shape index (κ3) is 19.1. The molecule has 0 aromatic carbocycles. The van der Waals surface area contributed by atoms with E-state index in [0.29, 0.717) is 63.0 Å². The molecule has 82 heavy (non-hydrogen) atoms. The Morgan fingerprint density at radius 1 is 0.451 bits per heavy atom. The van der Waals surface area contributed by atoms with E-state index in [2.05, 4.69) is 62.5 Å². The Morgan fingerprint density at radius 2 is 0.793 bits per heavy atom. The molecule has 14 N–H and O–H groups in total. The Morgan fingerprint density at radius 3 is 1.11 bits per heavy atom. The van der Waals surface area contributed by atoms with Crippen molar-refractivity contribution < 1.29 is 47.9 Å². The van der Waals surface area contributed by atoms with Crippen molar-refractivity contribution in [1.82, 2.24) is 72.3 Å². The van der Waals surface area contributed by atoms with Crippen molar-refractivity contribution in [3.63, 3.8) is 0 Å². The lowest BCUT2D eigenvalue weighted by molar-refractivity contribution is -0.143. The second-order valence-electron chi connectivity index (χ2n) is 23.6. The van der Waals surface area contributed by atoms with E-state index in [-0.39, 0.29) is 76.3 Å². The SMILES string of the molecule is CC(C)C[C@@H]1NC(=O)[C@H](CCCCN)NC(=O)[C@H](C(C)C)NC(=O)[C@@H]2CCCN2C(=O)[C@H](Cc2cnc[nH]2)NC(=O)[C@H](CC(C)C)NC(=O)[C@H](CCCCN)NC(=O)[C@H](C(C)C)NC(=O)[C@@H]2CCCN2C(=O)[C@H](Cc2cnc[nH]2)NC1=O. The first kappa shape index (κ1) is 65.8. The van der Waals surface area contributed by atoms with E-state index in [0.717, 1.165) is 0 Å². The standard InChI is InChI=1S/C56H92N16O10/c1-31(2)23-39-49(75)67-41(25-35-27-59-29-61-35)55(81)71-21-13-17-43(71)51(77)70-46(34(7)8)54(80)64-38(16-10-12-20-58)48(74)66-40(24-32(3)4)50(76)68-42(26-36-28-60-30-62-36)56(82)72-22-14-18-44(72)52(78)69-45(33(5)6)53(79)63-37(47(73)65-39)15-9-11-19-57/h27-34,37-46H,9-26,57-58H2,1-8H3,(H,59,61)(H,60,62)(H,63,79)(H,64,80)(H,65,73)(H,66,74)(H,67,75)(H,68,76)(H,69,78)(H,70,77)/t37-,38-,39-,40-,41-,42-,43-,44-,45-,46-/m0/s1. The van der Waals surface area contributed by atoms with Crippen molar-refractivity contribution in [2.45, 2.75) is 206 Å². The van der Waals surface area contributed by atoms with E-state index in [1.165, 1.54) is 34.8 Å². The molecule has 10 amide bonds. The third-order valence-corrected chi connectivity index (χ3v) is 15.2. The number of nitrogens with one attached hydrogen (secondary N) is 10. The molecule has 0 unspecified atom stereocenters. The summed E-state index contributed by atoms with van der Waals surface area (Å²) >= 11 is 0. The van der Waals surface area contributed by atoms with Gasteiger partial charge in [-0.15, -0.1) is 0 Å². The lowest BCUT2D eigenvalue weighted by atomic mass is 9.99. The predicted molar refractivity (Wildman–Crippen MR) is 304 cm³/mol. The molecular formula is C56H92N16O10. The van der Waals surface area contributed by atoms with E-state index in [1.54, 1.807) is 27.7 Å². The first-order valence-electron chi connectivity index (χ1n) is 29.4. The Bertz CT molecular complexity index is 2290. The number of H-pyrrole nitrogens is 2. The maximum Gasteiger partial charge on any atom is 0.246 e. The van der Waals surface area contributed by atoms with Gasteiger partial charge in [-0.05, 0) is 114 Å². The molecule has 0 bridgehead atoms. The van der Waals surface area contributed by atoms with Gasteiger partial charge in [-0.25, -0.2) is 9.97 Å². The van der Waals surface area contributed by atoms with Crippen LogP contribution in [0.1, 0.15) is 144 Å². The number of carbonyl (C=O) groups is 10. The van der Waals surface area contributed by atoms with Gasteiger partial charge in [0.15, 0.2) is 0 Å². The van der Waals surface area contributed by atoms with Crippen molar-refractivity contribution in [3.05, 3.63) is 36.4 Å². The minimum Gasteiger partial charge on any atom is -0.348 e. The average molecular weight is 1150 g/mol. The van der Waals surface area contributed by atoms with Crippen molar-refractivity contribution in [2.24, 2.45) is 35.1 Å². The molecule has 3 saturated heterocycles. The molecule has 0 radical (unpaired) electrons. The minimum absolute atomic E-state index is 0.0687. The summed E-state index contributed by atoms with van der Waals surface area (Å²) in [7, 11) is 0. The minimum atomic E-state index is -1.27. The Labute approximate surface area is 481 Å². The van der Waals surface area contributed by atoms with Crippen LogP contribution in [0.15, 0.2) is 25.0 Å². The van der Waals surface area contributed by atoms with Crippen molar-refractivity contribution in [3.8, 4) is 0 Å². The first-order chi connectivity index (χ1) is 39.0. The van der Waals surface area contributed by atoms with Gasteiger partial charge in [-0.1, -0.05) is 55.4 Å². The second-order valence-corrected chi connectivity index (χ2v) is 23.6. The number of aromatic nitrogens is 4. The molecule has 0 aliphatic carbocycles. The fourth-order valence-electron chi connectivity index (χ4n) is 10.7. The van der Waals surface area contributed by atoms with Crippen molar-refractivity contribution in [2.75, 3.05) is 26.2 Å². The quantitative estimate of drug-likeness (QED) is 0.0835. The molecule has 10 atom stereocenters. The topological polar surface area (TPSA) is 383 Å². The lowest BCUT2D eigenvalue weighted by Gasteiger charge is -2.32. The number of amides is 10. The molecule has 26 heteroatoms. The van der Waals surface area contributed by atoms with Crippen molar-refractivity contribution in [1.29, 1.82) is 0 Å². The highest BCUT2D eigenvalue weighted by molar-refractivity contribution is 6.00. The Kier molecular flexibility index (Phi) is 25.7. The van der Waals surface area contributed by atoms with Gasteiger partial charge in [0.2, 0.25) is 59.1 Å². The normalized spacial score (nSPS) is 26.7. The fourth-order valence-corrected chi connectivity index (χ4v) is 10.7.